The molecule has 1 fully saturated rings. The number of benzene rings is 2. The molecule has 2 aliphatic carbocycles. The van der Waals surface area contributed by atoms with Crippen molar-refractivity contribution in [1.82, 2.24) is 9.09 Å². The van der Waals surface area contributed by atoms with Crippen molar-refractivity contribution < 1.29 is 12.9 Å². The van der Waals surface area contributed by atoms with Gasteiger partial charge in [-0.1, -0.05) is 72.8 Å². The molecule has 1 aromatic heterocycles. The maximum atomic E-state index is 14.9. The number of fused-ring (bicyclic) bond motifs is 1. The molecule has 1 heterocycles. The number of aromatic nitrogens is 1. The average Bonchev–Trinajstić information content (AvgIpc) is 3.09. The van der Waals surface area contributed by atoms with E-state index in [1.807, 2.05) is 48.6 Å². The largest absolute Gasteiger partial charge is 0.268 e. The van der Waals surface area contributed by atoms with Crippen molar-refractivity contribution in [2.24, 2.45) is 0 Å². The highest BCUT2D eigenvalue weighted by Crippen LogP contribution is 2.33. The number of hydrogen-bond acceptors (Lipinski definition) is 3. The minimum absolute atomic E-state index is 0.136. The summed E-state index contributed by atoms with van der Waals surface area (Å²) in [6, 6.07) is 13.6. The van der Waals surface area contributed by atoms with Crippen LogP contribution in [0.4, 0.5) is 4.48 Å². The first-order chi connectivity index (χ1) is 17.0. The van der Waals surface area contributed by atoms with Crippen molar-refractivity contribution in [3.63, 3.8) is 0 Å². The number of halogens is 1. The summed E-state index contributed by atoms with van der Waals surface area (Å²) in [7, 11) is -3.88. The summed E-state index contributed by atoms with van der Waals surface area (Å²) in [5, 5.41) is 1.60. The maximum absolute atomic E-state index is 14.9. The van der Waals surface area contributed by atoms with E-state index in [0.717, 1.165) is 53.7 Å². The van der Waals surface area contributed by atoms with E-state index in [4.69, 9.17) is 0 Å². The second-order valence-corrected chi connectivity index (χ2v) is 10.7. The van der Waals surface area contributed by atoms with E-state index in [2.05, 4.69) is 12.3 Å². The minimum atomic E-state index is -3.88. The number of rotatable bonds is 6. The van der Waals surface area contributed by atoms with E-state index < -0.39 is 10.0 Å². The van der Waals surface area contributed by atoms with E-state index in [9.17, 15) is 12.9 Å². The van der Waals surface area contributed by atoms with Crippen LogP contribution in [0.15, 0.2) is 102 Å². The Bertz CT molecular complexity index is 1500. The van der Waals surface area contributed by atoms with Crippen molar-refractivity contribution in [3.8, 4) is 0 Å². The summed E-state index contributed by atoms with van der Waals surface area (Å²) in [5.41, 5.74) is 6.18. The van der Waals surface area contributed by atoms with Crippen LogP contribution in [0, 0.1) is 0 Å². The van der Waals surface area contributed by atoms with Crippen LogP contribution in [0.3, 0.4) is 0 Å². The summed E-state index contributed by atoms with van der Waals surface area (Å²) in [6.07, 6.45) is 15.8. The molecule has 0 bridgehead atoms. The molecule has 5 rings (SSSR count). The molecule has 2 aromatic carbocycles. The van der Waals surface area contributed by atoms with Gasteiger partial charge in [-0.15, -0.1) is 5.73 Å². The lowest BCUT2D eigenvalue weighted by Crippen LogP contribution is -2.28. The number of nitrogens with zero attached hydrogens (tertiary/aromatic N) is 2. The summed E-state index contributed by atoms with van der Waals surface area (Å²) in [5.74, 6) is 0. The van der Waals surface area contributed by atoms with Gasteiger partial charge in [0.25, 0.3) is 10.0 Å². The lowest BCUT2D eigenvalue weighted by molar-refractivity contribution is 0.0331. The normalized spacial score (nSPS) is 16.3. The fourth-order valence-electron chi connectivity index (χ4n) is 4.80. The third-order valence-corrected chi connectivity index (χ3v) is 8.40. The van der Waals surface area contributed by atoms with Crippen LogP contribution < -0.4 is 0 Å². The molecule has 0 spiro atoms. The van der Waals surface area contributed by atoms with Gasteiger partial charge in [0.05, 0.1) is 22.2 Å². The van der Waals surface area contributed by atoms with Gasteiger partial charge in [-0.2, -0.15) is 0 Å². The highest BCUT2D eigenvalue weighted by atomic mass is 32.2. The lowest BCUT2D eigenvalue weighted by Gasteiger charge is -2.29. The molecule has 6 heteroatoms. The Morgan fingerprint density at radius 3 is 2.54 bits per heavy atom. The minimum Gasteiger partial charge on any atom is -0.241 e. The van der Waals surface area contributed by atoms with Gasteiger partial charge in [0.1, 0.15) is 0 Å². The number of para-hydroxylation sites is 1. The zero-order valence-corrected chi connectivity index (χ0v) is 20.2. The zero-order valence-electron chi connectivity index (χ0n) is 19.4. The molecule has 0 saturated heterocycles. The summed E-state index contributed by atoms with van der Waals surface area (Å²) < 4.78 is 43.6. The maximum Gasteiger partial charge on any atom is 0.268 e. The predicted molar refractivity (Wildman–Crippen MR) is 140 cm³/mol. The van der Waals surface area contributed by atoms with E-state index >= 15 is 0 Å². The quantitative estimate of drug-likeness (QED) is 0.277. The van der Waals surface area contributed by atoms with Crippen LogP contribution in [0.1, 0.15) is 43.2 Å². The van der Waals surface area contributed by atoms with Crippen molar-refractivity contribution in [3.05, 3.63) is 109 Å². The molecule has 0 aliphatic heterocycles. The van der Waals surface area contributed by atoms with Crippen LogP contribution in [0.25, 0.3) is 22.2 Å². The number of allylic oxidation sites excluding steroid dienone is 5. The summed E-state index contributed by atoms with van der Waals surface area (Å²) >= 11 is 0. The molecule has 0 N–H and O–H groups in total. The molecule has 1 saturated carbocycles. The lowest BCUT2D eigenvalue weighted by atomic mass is 9.95. The van der Waals surface area contributed by atoms with E-state index in [1.165, 1.54) is 16.1 Å². The van der Waals surface area contributed by atoms with Crippen molar-refractivity contribution >= 4 is 32.2 Å². The average molecular weight is 487 g/mol. The third-order valence-electron chi connectivity index (χ3n) is 6.71. The highest BCUT2D eigenvalue weighted by molar-refractivity contribution is 7.90. The molecule has 2 aliphatic rings. The fraction of sp³-hybridized carbons (Fsp3) is 0.207. The third kappa shape index (κ3) is 4.43. The van der Waals surface area contributed by atoms with Gasteiger partial charge in [0.2, 0.25) is 0 Å². The second kappa shape index (κ2) is 9.57. The summed E-state index contributed by atoms with van der Waals surface area (Å²) in [6.45, 7) is 3.93. The topological polar surface area (TPSA) is 42.3 Å². The van der Waals surface area contributed by atoms with Crippen LogP contribution in [-0.2, 0) is 10.0 Å². The Morgan fingerprint density at radius 2 is 1.77 bits per heavy atom. The molecule has 0 unspecified atom stereocenters. The molecule has 0 amide bonds. The summed E-state index contributed by atoms with van der Waals surface area (Å²) in [4.78, 5) is 0.136. The predicted octanol–water partition coefficient (Wildman–Crippen LogP) is 7.03. The molecule has 178 valence electrons. The van der Waals surface area contributed by atoms with Gasteiger partial charge in [-0.25, -0.2) is 17.5 Å². The van der Waals surface area contributed by atoms with Crippen LogP contribution in [0.5, 0.6) is 0 Å². The molecular weight excluding hydrogens is 459 g/mol. The molecule has 35 heavy (non-hydrogen) atoms. The van der Waals surface area contributed by atoms with E-state index in [0.29, 0.717) is 11.1 Å². The van der Waals surface area contributed by atoms with Crippen LogP contribution >= 0.6 is 0 Å². The van der Waals surface area contributed by atoms with Crippen LogP contribution in [-0.4, -0.2) is 23.6 Å². The van der Waals surface area contributed by atoms with Gasteiger partial charge in [0, 0.05) is 17.1 Å². The van der Waals surface area contributed by atoms with Crippen molar-refractivity contribution in [2.45, 2.75) is 43.0 Å². The van der Waals surface area contributed by atoms with Gasteiger partial charge >= 0.3 is 0 Å². The standard InChI is InChI=1S/C29H27FN2O2S/c1-22(32(30)25-13-7-4-8-14-25)23-17-19-26(20-18-23)35(33,34)31-21-28(24-11-5-2-3-6-12-24)27-15-9-10-16-29(27)31/h2,5-6,9-12,15-21,25H,1,4,7-8,13-14H2. The molecule has 0 atom stereocenters. The second-order valence-electron chi connectivity index (χ2n) is 8.92. The SMILES string of the molecule is C=C(c1ccc(S(=O)(=O)n2cc(C3=CC=C=CC=C3)c3ccccc32)cc1)N(F)C1CCCCC1. The first kappa shape index (κ1) is 23.2. The Hall–Kier alpha value is -3.60. The monoisotopic (exact) mass is 486 g/mol. The Kier molecular flexibility index (Phi) is 6.33. The Morgan fingerprint density at radius 1 is 1.03 bits per heavy atom. The van der Waals surface area contributed by atoms with Gasteiger partial charge in [-0.3, -0.25) is 0 Å². The fourth-order valence-corrected chi connectivity index (χ4v) is 6.17. The Balaban J connectivity index is 1.48. The van der Waals surface area contributed by atoms with Crippen molar-refractivity contribution in [2.75, 3.05) is 0 Å². The van der Waals surface area contributed by atoms with E-state index in [1.54, 1.807) is 24.4 Å². The zero-order chi connectivity index (χ0) is 24.4. The van der Waals surface area contributed by atoms with Crippen molar-refractivity contribution in [1.29, 1.82) is 0 Å². The van der Waals surface area contributed by atoms with Gasteiger partial charge in [0.15, 0.2) is 0 Å². The van der Waals surface area contributed by atoms with E-state index in [-0.39, 0.29) is 16.6 Å². The van der Waals surface area contributed by atoms with Crippen LogP contribution in [0.2, 0.25) is 0 Å². The molecule has 3 aromatic rings. The Labute approximate surface area is 205 Å². The molecule has 4 nitrogen and oxygen atoms in total. The smallest absolute Gasteiger partial charge is 0.241 e. The molecule has 0 radical (unpaired) electrons. The van der Waals surface area contributed by atoms with Gasteiger partial charge < -0.3 is 0 Å². The number of hydrogen-bond donors (Lipinski definition) is 0. The first-order valence-electron chi connectivity index (χ1n) is 11.9. The van der Waals surface area contributed by atoms with Gasteiger partial charge in [-0.05, 0) is 60.4 Å². The highest BCUT2D eigenvalue weighted by Gasteiger charge is 2.25. The molecular formula is C29H27FN2O2S. The first-order valence-corrected chi connectivity index (χ1v) is 13.3.